The fraction of sp³-hybridized carbons (Fsp3) is 0.278. The van der Waals surface area contributed by atoms with Gasteiger partial charge in [0.15, 0.2) is 5.78 Å². The summed E-state index contributed by atoms with van der Waals surface area (Å²) in [5, 5.41) is 10.8. The fourth-order valence-electron chi connectivity index (χ4n) is 2.90. The zero-order valence-corrected chi connectivity index (χ0v) is 12.1. The van der Waals surface area contributed by atoms with E-state index in [0.717, 1.165) is 16.8 Å². The van der Waals surface area contributed by atoms with Crippen LogP contribution in [0.2, 0.25) is 0 Å². The summed E-state index contributed by atoms with van der Waals surface area (Å²) in [6.07, 6.45) is 0.502. The van der Waals surface area contributed by atoms with Crippen LogP contribution in [0.4, 0.5) is 5.69 Å². The Labute approximate surface area is 124 Å². The number of hydrogen-bond acceptors (Lipinski definition) is 3. The van der Waals surface area contributed by atoms with Crippen molar-refractivity contribution in [2.75, 3.05) is 18.0 Å². The number of hydrogen-bond donors (Lipinski definition) is 1. The highest BCUT2D eigenvalue weighted by atomic mass is 16.3. The van der Waals surface area contributed by atoms with E-state index in [1.54, 1.807) is 0 Å². The molecule has 0 amide bonds. The second-order valence-electron chi connectivity index (χ2n) is 5.75. The van der Waals surface area contributed by atoms with Crippen molar-refractivity contribution in [3.05, 3.63) is 65.7 Å². The quantitative estimate of drug-likeness (QED) is 0.940. The Morgan fingerprint density at radius 3 is 2.52 bits per heavy atom. The van der Waals surface area contributed by atoms with E-state index in [1.807, 2.05) is 61.5 Å². The first-order valence-corrected chi connectivity index (χ1v) is 7.23. The topological polar surface area (TPSA) is 40.5 Å². The third-order valence-corrected chi connectivity index (χ3v) is 4.05. The average Bonchev–Trinajstić information content (AvgIpc) is 2.51. The van der Waals surface area contributed by atoms with Crippen LogP contribution in [0.3, 0.4) is 0 Å². The normalized spacial score (nSPS) is 17.2. The lowest BCUT2D eigenvalue weighted by atomic mass is 9.93. The lowest BCUT2D eigenvalue weighted by molar-refractivity contribution is 0.0635. The zero-order chi connectivity index (χ0) is 14.9. The van der Waals surface area contributed by atoms with Crippen LogP contribution in [-0.2, 0) is 5.60 Å². The van der Waals surface area contributed by atoms with E-state index in [2.05, 4.69) is 4.90 Å². The van der Waals surface area contributed by atoms with Gasteiger partial charge in [-0.1, -0.05) is 42.5 Å². The SMILES string of the molecule is CC(O)(CN1CCC(=O)c2ccccc21)c1ccccc1. The summed E-state index contributed by atoms with van der Waals surface area (Å²) in [5.74, 6) is 0.182. The van der Waals surface area contributed by atoms with Gasteiger partial charge in [-0.3, -0.25) is 4.79 Å². The predicted octanol–water partition coefficient (Wildman–Crippen LogP) is 2.99. The zero-order valence-electron chi connectivity index (χ0n) is 12.1. The molecule has 0 saturated heterocycles. The van der Waals surface area contributed by atoms with Gasteiger partial charge in [-0.25, -0.2) is 0 Å². The van der Waals surface area contributed by atoms with Crippen molar-refractivity contribution in [3.8, 4) is 0 Å². The van der Waals surface area contributed by atoms with Gasteiger partial charge in [-0.15, -0.1) is 0 Å². The van der Waals surface area contributed by atoms with Gasteiger partial charge in [-0.2, -0.15) is 0 Å². The highest BCUT2D eigenvalue weighted by Crippen LogP contribution is 2.30. The molecule has 2 aromatic carbocycles. The second kappa shape index (κ2) is 5.34. The summed E-state index contributed by atoms with van der Waals surface area (Å²) in [7, 11) is 0. The van der Waals surface area contributed by atoms with Crippen molar-refractivity contribution >= 4 is 11.5 Å². The Hall–Kier alpha value is -2.13. The summed E-state index contributed by atoms with van der Waals surface area (Å²) in [5.41, 5.74) is 1.62. The Bertz CT molecular complexity index is 649. The van der Waals surface area contributed by atoms with Crippen molar-refractivity contribution < 1.29 is 9.90 Å². The highest BCUT2D eigenvalue weighted by Gasteiger charge is 2.30. The van der Waals surface area contributed by atoms with Gasteiger partial charge >= 0.3 is 0 Å². The molecular formula is C18H19NO2. The Morgan fingerprint density at radius 1 is 1.10 bits per heavy atom. The highest BCUT2D eigenvalue weighted by molar-refractivity contribution is 6.03. The molecule has 1 N–H and O–H groups in total. The van der Waals surface area contributed by atoms with E-state index in [0.29, 0.717) is 19.5 Å². The fourth-order valence-corrected chi connectivity index (χ4v) is 2.90. The first-order valence-electron chi connectivity index (χ1n) is 7.23. The molecule has 1 atom stereocenters. The lowest BCUT2D eigenvalue weighted by Crippen LogP contribution is -2.42. The molecule has 0 fully saturated rings. The summed E-state index contributed by atoms with van der Waals surface area (Å²) in [4.78, 5) is 14.1. The molecule has 3 rings (SSSR count). The molecule has 0 spiro atoms. The number of carbonyl (C=O) groups is 1. The smallest absolute Gasteiger partial charge is 0.166 e. The van der Waals surface area contributed by atoms with Crippen LogP contribution in [0.25, 0.3) is 0 Å². The van der Waals surface area contributed by atoms with Crippen LogP contribution >= 0.6 is 0 Å². The predicted molar refractivity (Wildman–Crippen MR) is 83.6 cm³/mol. The molecule has 2 aromatic rings. The molecule has 0 bridgehead atoms. The summed E-state index contributed by atoms with van der Waals surface area (Å²) in [6, 6.07) is 17.3. The standard InChI is InChI=1S/C18H19NO2/c1-18(21,14-7-3-2-4-8-14)13-19-12-11-17(20)15-9-5-6-10-16(15)19/h2-10,21H,11-13H2,1H3. The number of β-amino-alcohol motifs (C(OH)–C–C–N with tert-alkyl or cyclic N) is 1. The monoisotopic (exact) mass is 281 g/mol. The second-order valence-corrected chi connectivity index (χ2v) is 5.75. The molecule has 0 saturated carbocycles. The molecule has 3 heteroatoms. The van der Waals surface area contributed by atoms with E-state index < -0.39 is 5.60 Å². The molecule has 1 aliphatic rings. The summed E-state index contributed by atoms with van der Waals surface area (Å²) in [6.45, 7) is 2.95. The Kier molecular flexibility index (Phi) is 3.52. The van der Waals surface area contributed by atoms with E-state index in [9.17, 15) is 9.90 Å². The molecule has 0 aliphatic carbocycles. The van der Waals surface area contributed by atoms with Crippen molar-refractivity contribution in [2.45, 2.75) is 18.9 Å². The number of ketones is 1. The number of benzene rings is 2. The third-order valence-electron chi connectivity index (χ3n) is 4.05. The van der Waals surface area contributed by atoms with Gasteiger partial charge in [0.2, 0.25) is 0 Å². The van der Waals surface area contributed by atoms with Gasteiger partial charge < -0.3 is 10.0 Å². The van der Waals surface area contributed by atoms with Crippen molar-refractivity contribution in [1.82, 2.24) is 0 Å². The Balaban J connectivity index is 1.89. The minimum atomic E-state index is -0.950. The molecule has 0 aromatic heterocycles. The molecule has 108 valence electrons. The van der Waals surface area contributed by atoms with Crippen LogP contribution in [0.5, 0.6) is 0 Å². The molecule has 1 aliphatic heterocycles. The van der Waals surface area contributed by atoms with Gasteiger partial charge in [0, 0.05) is 24.2 Å². The number of rotatable bonds is 3. The number of Topliss-reactive ketones (excluding diaryl/α,β-unsaturated/α-hetero) is 1. The van der Waals surface area contributed by atoms with Crippen molar-refractivity contribution in [3.63, 3.8) is 0 Å². The van der Waals surface area contributed by atoms with Gasteiger partial charge in [0.25, 0.3) is 0 Å². The minimum Gasteiger partial charge on any atom is -0.384 e. The van der Waals surface area contributed by atoms with Crippen LogP contribution in [0, 0.1) is 0 Å². The third kappa shape index (κ3) is 2.69. The average molecular weight is 281 g/mol. The molecule has 0 radical (unpaired) electrons. The lowest BCUT2D eigenvalue weighted by Gasteiger charge is -2.36. The Morgan fingerprint density at radius 2 is 1.76 bits per heavy atom. The van der Waals surface area contributed by atoms with E-state index >= 15 is 0 Å². The maximum absolute atomic E-state index is 12.0. The van der Waals surface area contributed by atoms with Crippen LogP contribution in [0.15, 0.2) is 54.6 Å². The maximum atomic E-state index is 12.0. The van der Waals surface area contributed by atoms with Gasteiger partial charge in [0.05, 0.1) is 6.54 Å². The molecule has 1 unspecified atom stereocenters. The van der Waals surface area contributed by atoms with Crippen LogP contribution in [0.1, 0.15) is 29.3 Å². The summed E-state index contributed by atoms with van der Waals surface area (Å²) < 4.78 is 0. The number of carbonyl (C=O) groups excluding carboxylic acids is 1. The number of aliphatic hydroxyl groups is 1. The largest absolute Gasteiger partial charge is 0.384 e. The summed E-state index contributed by atoms with van der Waals surface area (Å²) >= 11 is 0. The first-order chi connectivity index (χ1) is 10.1. The molecule has 1 heterocycles. The first kappa shape index (κ1) is 13.8. The number of fused-ring (bicyclic) bond motifs is 1. The van der Waals surface area contributed by atoms with Crippen LogP contribution in [-0.4, -0.2) is 24.0 Å². The van der Waals surface area contributed by atoms with Gasteiger partial charge in [0.1, 0.15) is 5.60 Å². The minimum absolute atomic E-state index is 0.182. The van der Waals surface area contributed by atoms with E-state index in [4.69, 9.17) is 0 Å². The number of para-hydroxylation sites is 1. The molecule has 3 nitrogen and oxygen atoms in total. The molecular weight excluding hydrogens is 262 g/mol. The number of anilines is 1. The van der Waals surface area contributed by atoms with Crippen molar-refractivity contribution in [1.29, 1.82) is 0 Å². The van der Waals surface area contributed by atoms with E-state index in [1.165, 1.54) is 0 Å². The van der Waals surface area contributed by atoms with Gasteiger partial charge in [-0.05, 0) is 24.6 Å². The van der Waals surface area contributed by atoms with Crippen molar-refractivity contribution in [2.24, 2.45) is 0 Å². The maximum Gasteiger partial charge on any atom is 0.166 e. The number of nitrogens with zero attached hydrogens (tertiary/aromatic N) is 1. The van der Waals surface area contributed by atoms with Crippen LogP contribution < -0.4 is 4.90 Å². The molecule has 21 heavy (non-hydrogen) atoms. The van der Waals surface area contributed by atoms with E-state index in [-0.39, 0.29) is 5.78 Å².